The van der Waals surface area contributed by atoms with Crippen molar-refractivity contribution in [1.82, 2.24) is 0 Å². The Bertz CT molecular complexity index is 1090. The summed E-state index contributed by atoms with van der Waals surface area (Å²) in [7, 11) is 0. The number of hydrogen-bond acceptors (Lipinski definition) is 3. The van der Waals surface area contributed by atoms with Crippen molar-refractivity contribution >= 4 is 44.8 Å². The molecular formula is C25H25BrClFN2O2. The van der Waals surface area contributed by atoms with E-state index < -0.39 is 0 Å². The fraction of sp³-hybridized carbons (Fsp3) is 0.240. The summed E-state index contributed by atoms with van der Waals surface area (Å²) in [4.78, 5) is 12.0. The molecule has 0 aromatic heterocycles. The zero-order valence-corrected chi connectivity index (χ0v) is 20.3. The van der Waals surface area contributed by atoms with Crippen molar-refractivity contribution in [2.75, 3.05) is 10.6 Å². The average molecular weight is 520 g/mol. The van der Waals surface area contributed by atoms with E-state index in [2.05, 4.69) is 26.6 Å². The lowest BCUT2D eigenvalue weighted by molar-refractivity contribution is -0.116. The number of ether oxygens (including phenoxy) is 1. The van der Waals surface area contributed by atoms with Crippen LogP contribution in [-0.2, 0) is 17.9 Å². The first-order valence-corrected chi connectivity index (χ1v) is 11.5. The van der Waals surface area contributed by atoms with Crippen LogP contribution in [0.15, 0.2) is 65.1 Å². The molecule has 0 spiro atoms. The maximum absolute atomic E-state index is 13.3. The molecule has 3 aromatic carbocycles. The summed E-state index contributed by atoms with van der Waals surface area (Å²) < 4.78 is 20.2. The highest BCUT2D eigenvalue weighted by molar-refractivity contribution is 9.10. The Morgan fingerprint density at radius 2 is 1.84 bits per heavy atom. The number of carbonyl (C=O) groups excluding carboxylic acids is 1. The second-order valence-corrected chi connectivity index (χ2v) is 9.18. The lowest BCUT2D eigenvalue weighted by Gasteiger charge is -2.15. The number of benzene rings is 3. The quantitative estimate of drug-likeness (QED) is 0.309. The predicted molar refractivity (Wildman–Crippen MR) is 132 cm³/mol. The van der Waals surface area contributed by atoms with Crippen LogP contribution in [0.2, 0.25) is 5.02 Å². The van der Waals surface area contributed by atoms with E-state index in [9.17, 15) is 9.18 Å². The third-order valence-corrected chi connectivity index (χ3v) is 5.49. The normalized spacial score (nSPS) is 10.8. The fourth-order valence-electron chi connectivity index (χ4n) is 3.11. The van der Waals surface area contributed by atoms with Crippen LogP contribution in [0.3, 0.4) is 0 Å². The largest absolute Gasteiger partial charge is 0.488 e. The maximum Gasteiger partial charge on any atom is 0.224 e. The van der Waals surface area contributed by atoms with Crippen LogP contribution in [0.25, 0.3) is 0 Å². The van der Waals surface area contributed by atoms with E-state index in [1.54, 1.807) is 6.07 Å². The minimum atomic E-state index is -0.380. The Morgan fingerprint density at radius 1 is 1.06 bits per heavy atom. The number of halogens is 3. The van der Waals surface area contributed by atoms with Crippen molar-refractivity contribution in [3.8, 4) is 5.75 Å². The second-order valence-electron chi connectivity index (χ2n) is 7.86. The molecule has 0 saturated heterocycles. The Labute approximate surface area is 201 Å². The molecule has 0 aliphatic rings. The van der Waals surface area contributed by atoms with E-state index in [1.807, 2.05) is 56.3 Å². The number of rotatable bonds is 9. The van der Waals surface area contributed by atoms with Gasteiger partial charge in [-0.1, -0.05) is 53.5 Å². The van der Waals surface area contributed by atoms with Crippen LogP contribution < -0.4 is 15.4 Å². The zero-order chi connectivity index (χ0) is 23.1. The molecule has 0 radical (unpaired) electrons. The molecule has 0 atom stereocenters. The van der Waals surface area contributed by atoms with Gasteiger partial charge in [-0.3, -0.25) is 4.79 Å². The summed E-state index contributed by atoms with van der Waals surface area (Å²) in [6, 6.07) is 17.6. The SMILES string of the molecule is CC(C)CC(=O)Nc1cccc(NCc2cc(Br)ccc2OCc2ccc(F)cc2Cl)c1. The van der Waals surface area contributed by atoms with E-state index in [-0.39, 0.29) is 18.3 Å². The average Bonchev–Trinajstić information content (AvgIpc) is 2.72. The van der Waals surface area contributed by atoms with E-state index in [0.29, 0.717) is 35.2 Å². The van der Waals surface area contributed by atoms with Crippen LogP contribution in [0.1, 0.15) is 31.4 Å². The third-order valence-electron chi connectivity index (χ3n) is 4.64. The van der Waals surface area contributed by atoms with E-state index in [4.69, 9.17) is 16.3 Å². The zero-order valence-electron chi connectivity index (χ0n) is 17.9. The van der Waals surface area contributed by atoms with Crippen LogP contribution in [0, 0.1) is 11.7 Å². The van der Waals surface area contributed by atoms with Gasteiger partial charge in [-0.25, -0.2) is 4.39 Å². The van der Waals surface area contributed by atoms with Crippen molar-refractivity contribution in [3.63, 3.8) is 0 Å². The number of carbonyl (C=O) groups is 1. The Hall–Kier alpha value is -2.57. The minimum Gasteiger partial charge on any atom is -0.488 e. The van der Waals surface area contributed by atoms with Crippen molar-refractivity contribution in [3.05, 3.63) is 87.1 Å². The van der Waals surface area contributed by atoms with Gasteiger partial charge in [0.1, 0.15) is 18.2 Å². The molecule has 2 N–H and O–H groups in total. The lowest BCUT2D eigenvalue weighted by atomic mass is 10.1. The molecule has 0 unspecified atom stereocenters. The van der Waals surface area contributed by atoms with Gasteiger partial charge in [-0.2, -0.15) is 0 Å². The van der Waals surface area contributed by atoms with Gasteiger partial charge in [0, 0.05) is 39.9 Å². The summed E-state index contributed by atoms with van der Waals surface area (Å²) in [6.45, 7) is 4.76. The molecule has 1 amide bonds. The highest BCUT2D eigenvalue weighted by Gasteiger charge is 2.09. The van der Waals surface area contributed by atoms with Gasteiger partial charge in [-0.05, 0) is 54.4 Å². The van der Waals surface area contributed by atoms with Gasteiger partial charge >= 0.3 is 0 Å². The number of anilines is 2. The topological polar surface area (TPSA) is 50.4 Å². The van der Waals surface area contributed by atoms with E-state index in [0.717, 1.165) is 21.4 Å². The van der Waals surface area contributed by atoms with Crippen LogP contribution in [-0.4, -0.2) is 5.91 Å². The van der Waals surface area contributed by atoms with Gasteiger partial charge in [-0.15, -0.1) is 0 Å². The van der Waals surface area contributed by atoms with Gasteiger partial charge in [0.15, 0.2) is 0 Å². The van der Waals surface area contributed by atoms with Gasteiger partial charge < -0.3 is 15.4 Å². The number of amides is 1. The first kappa shape index (κ1) is 24.1. The summed E-state index contributed by atoms with van der Waals surface area (Å²) >= 11 is 9.61. The number of hydrogen-bond donors (Lipinski definition) is 2. The molecule has 0 fully saturated rings. The van der Waals surface area contributed by atoms with Crippen molar-refractivity contribution in [1.29, 1.82) is 0 Å². The highest BCUT2D eigenvalue weighted by atomic mass is 79.9. The lowest BCUT2D eigenvalue weighted by Crippen LogP contribution is -2.14. The molecule has 3 aromatic rings. The Kier molecular flexibility index (Phi) is 8.53. The van der Waals surface area contributed by atoms with Crippen LogP contribution >= 0.6 is 27.5 Å². The minimum absolute atomic E-state index is 0.000666. The smallest absolute Gasteiger partial charge is 0.224 e. The fourth-order valence-corrected chi connectivity index (χ4v) is 3.74. The molecular weight excluding hydrogens is 495 g/mol. The monoisotopic (exact) mass is 518 g/mol. The summed E-state index contributed by atoms with van der Waals surface area (Å²) in [5, 5.41) is 6.63. The standard InChI is InChI=1S/C25H25BrClFN2O2/c1-16(2)10-25(31)30-22-5-3-4-21(13-22)29-14-18-11-19(26)7-9-24(18)32-15-17-6-8-20(28)12-23(17)27/h3-9,11-13,16,29H,10,14-15H2,1-2H3,(H,30,31). The maximum atomic E-state index is 13.3. The molecule has 7 heteroatoms. The summed E-state index contributed by atoms with van der Waals surface area (Å²) in [5.41, 5.74) is 3.27. The molecule has 4 nitrogen and oxygen atoms in total. The summed E-state index contributed by atoms with van der Waals surface area (Å²) in [6.07, 6.45) is 0.481. The molecule has 0 saturated carbocycles. The first-order valence-electron chi connectivity index (χ1n) is 10.3. The number of nitrogens with one attached hydrogen (secondary N) is 2. The van der Waals surface area contributed by atoms with Gasteiger partial charge in [0.05, 0.1) is 5.02 Å². The first-order chi connectivity index (χ1) is 15.3. The van der Waals surface area contributed by atoms with E-state index in [1.165, 1.54) is 12.1 Å². The highest BCUT2D eigenvalue weighted by Crippen LogP contribution is 2.27. The van der Waals surface area contributed by atoms with Gasteiger partial charge in [0.2, 0.25) is 5.91 Å². The molecule has 0 aliphatic carbocycles. The molecule has 168 valence electrons. The van der Waals surface area contributed by atoms with Crippen molar-refractivity contribution in [2.24, 2.45) is 5.92 Å². The molecule has 32 heavy (non-hydrogen) atoms. The van der Waals surface area contributed by atoms with Crippen LogP contribution in [0.5, 0.6) is 5.75 Å². The van der Waals surface area contributed by atoms with Crippen LogP contribution in [0.4, 0.5) is 15.8 Å². The Balaban J connectivity index is 1.66. The molecule has 0 aliphatic heterocycles. The third kappa shape index (κ3) is 7.24. The van der Waals surface area contributed by atoms with Crippen molar-refractivity contribution < 1.29 is 13.9 Å². The van der Waals surface area contributed by atoms with Crippen molar-refractivity contribution in [2.45, 2.75) is 33.4 Å². The second kappa shape index (κ2) is 11.3. The molecule has 0 heterocycles. The summed E-state index contributed by atoms with van der Waals surface area (Å²) in [5.74, 6) is 0.618. The predicted octanol–water partition coefficient (Wildman–Crippen LogP) is 7.42. The molecule has 3 rings (SSSR count). The van der Waals surface area contributed by atoms with Gasteiger partial charge in [0.25, 0.3) is 0 Å². The molecule has 0 bridgehead atoms. The van der Waals surface area contributed by atoms with E-state index >= 15 is 0 Å². The Morgan fingerprint density at radius 3 is 2.59 bits per heavy atom.